The zero-order valence-electron chi connectivity index (χ0n) is 12.6. The average Bonchev–Trinajstić information content (AvgIpc) is 2.81. The van der Waals surface area contributed by atoms with E-state index in [9.17, 15) is 23.7 Å². The first kappa shape index (κ1) is 15.3. The molecule has 7 nitrogen and oxygen atoms in total. The van der Waals surface area contributed by atoms with E-state index < -0.39 is 10.0 Å². The molecule has 0 saturated carbocycles. The number of rotatable bonds is 1. The highest BCUT2D eigenvalue weighted by atomic mass is 32.2. The summed E-state index contributed by atoms with van der Waals surface area (Å²) in [7, 11) is -3.78. The van der Waals surface area contributed by atoms with Crippen molar-refractivity contribution in [1.82, 2.24) is 4.98 Å². The molecule has 2 heterocycles. The number of fused-ring (bicyclic) bond motifs is 2. The summed E-state index contributed by atoms with van der Waals surface area (Å²) in [5.74, 6) is -0.732. The van der Waals surface area contributed by atoms with Crippen LogP contribution in [0.15, 0.2) is 42.6 Å². The van der Waals surface area contributed by atoms with Crippen LogP contribution in [0.4, 0.5) is 5.69 Å². The maximum absolute atomic E-state index is 12.4. The van der Waals surface area contributed by atoms with E-state index >= 15 is 0 Å². The predicted molar refractivity (Wildman–Crippen MR) is 93.6 cm³/mol. The van der Waals surface area contributed by atoms with Crippen molar-refractivity contribution in [3.05, 3.63) is 53.7 Å². The predicted octanol–water partition coefficient (Wildman–Crippen LogP) is 2.61. The summed E-state index contributed by atoms with van der Waals surface area (Å²) in [6.07, 6.45) is 2.85. The summed E-state index contributed by atoms with van der Waals surface area (Å²) in [5.41, 5.74) is 1.39. The van der Waals surface area contributed by atoms with Gasteiger partial charge in [-0.05, 0) is 48.0 Å². The third-order valence-corrected chi connectivity index (χ3v) is 5.39. The molecule has 0 bridgehead atoms. The van der Waals surface area contributed by atoms with Crippen molar-refractivity contribution in [3.63, 3.8) is 0 Å². The van der Waals surface area contributed by atoms with Gasteiger partial charge in [0, 0.05) is 17.1 Å². The first-order chi connectivity index (χ1) is 11.9. The molecule has 2 aromatic carbocycles. The van der Waals surface area contributed by atoms with E-state index in [0.717, 1.165) is 0 Å². The number of phenols is 3. The second kappa shape index (κ2) is 5.12. The summed E-state index contributed by atoms with van der Waals surface area (Å²) < 4.78 is 27.3. The first-order valence-electron chi connectivity index (χ1n) is 7.24. The van der Waals surface area contributed by atoms with Gasteiger partial charge in [0.15, 0.2) is 11.5 Å². The Bertz CT molecular complexity index is 1170. The van der Waals surface area contributed by atoms with Crippen LogP contribution < -0.4 is 4.72 Å². The van der Waals surface area contributed by atoms with Crippen molar-refractivity contribution in [3.8, 4) is 17.2 Å². The molecule has 4 rings (SSSR count). The minimum atomic E-state index is -3.78. The van der Waals surface area contributed by atoms with Crippen molar-refractivity contribution in [2.75, 3.05) is 4.72 Å². The van der Waals surface area contributed by atoms with Crippen LogP contribution in [0.2, 0.25) is 0 Å². The van der Waals surface area contributed by atoms with Gasteiger partial charge in [0.25, 0.3) is 10.0 Å². The fourth-order valence-corrected chi connectivity index (χ4v) is 4.12. The lowest BCUT2D eigenvalue weighted by atomic mass is 10.1. The smallest absolute Gasteiger partial charge is 0.262 e. The highest BCUT2D eigenvalue weighted by Gasteiger charge is 2.30. The van der Waals surface area contributed by atoms with Crippen molar-refractivity contribution in [1.29, 1.82) is 0 Å². The summed E-state index contributed by atoms with van der Waals surface area (Å²) in [6, 6.07) is 8.70. The second-order valence-electron chi connectivity index (χ2n) is 5.57. The molecule has 1 aromatic heterocycles. The van der Waals surface area contributed by atoms with E-state index in [-0.39, 0.29) is 27.7 Å². The number of phenolic OH excluding ortho intramolecular Hbond substituents is 3. The molecule has 3 aromatic rings. The molecule has 0 unspecified atom stereocenters. The Hall–Kier alpha value is -3.26. The first-order valence-corrected chi connectivity index (χ1v) is 8.73. The van der Waals surface area contributed by atoms with Gasteiger partial charge >= 0.3 is 0 Å². The molecular weight excluding hydrogens is 344 g/mol. The highest BCUT2D eigenvalue weighted by molar-refractivity contribution is 8.02. The van der Waals surface area contributed by atoms with Crippen LogP contribution >= 0.6 is 0 Å². The van der Waals surface area contributed by atoms with Gasteiger partial charge in [-0.25, -0.2) is 8.42 Å². The summed E-state index contributed by atoms with van der Waals surface area (Å²) >= 11 is 0. The number of sulfonamides is 1. The Labute approximate surface area is 142 Å². The number of aromatic hydroxyl groups is 3. The van der Waals surface area contributed by atoms with E-state index in [1.54, 1.807) is 12.1 Å². The van der Waals surface area contributed by atoms with Gasteiger partial charge in [-0.15, -0.1) is 0 Å². The molecule has 8 heteroatoms. The topological polar surface area (TPSA) is 120 Å². The largest absolute Gasteiger partial charge is 0.508 e. The summed E-state index contributed by atoms with van der Waals surface area (Å²) in [6.45, 7) is 0. The molecule has 0 fully saturated rings. The number of nitrogens with one attached hydrogen (secondary N) is 1. The number of hydrogen-bond donors (Lipinski definition) is 4. The lowest BCUT2D eigenvalue weighted by Gasteiger charge is -2.06. The average molecular weight is 356 g/mol. The van der Waals surface area contributed by atoms with Gasteiger partial charge in [-0.1, -0.05) is 0 Å². The number of pyridine rings is 1. The lowest BCUT2D eigenvalue weighted by molar-refractivity contribution is 0.407. The highest BCUT2D eigenvalue weighted by Crippen LogP contribution is 2.41. The SMILES string of the molecule is O=S1(=O)Nc2ccc(O)cc2C1=Cc1ccnc2c(O)c(O)ccc12. The molecule has 0 amide bonds. The number of hydrogen-bond acceptors (Lipinski definition) is 6. The van der Waals surface area contributed by atoms with E-state index in [1.807, 2.05) is 0 Å². The molecule has 1 aliphatic heterocycles. The Morgan fingerprint density at radius 3 is 2.64 bits per heavy atom. The van der Waals surface area contributed by atoms with Gasteiger partial charge in [-0.3, -0.25) is 9.71 Å². The van der Waals surface area contributed by atoms with Gasteiger partial charge in [0.05, 0.1) is 10.6 Å². The van der Waals surface area contributed by atoms with Crippen LogP contribution in [0, 0.1) is 0 Å². The molecule has 0 aliphatic carbocycles. The van der Waals surface area contributed by atoms with Crippen molar-refractivity contribution in [2.24, 2.45) is 0 Å². The second-order valence-corrected chi connectivity index (χ2v) is 7.22. The molecule has 0 spiro atoms. The Morgan fingerprint density at radius 2 is 1.84 bits per heavy atom. The Morgan fingerprint density at radius 1 is 1.04 bits per heavy atom. The van der Waals surface area contributed by atoms with E-state index in [1.165, 1.54) is 36.5 Å². The Kier molecular flexibility index (Phi) is 3.13. The standard InChI is InChI=1S/C17H12N2O5S/c20-10-1-3-13-12(8-10)15(25(23,24)19-13)7-9-5-6-18-16-11(9)2-4-14(21)17(16)22/h1-8,19-22H. The minimum absolute atomic E-state index is 0.00142. The fraction of sp³-hybridized carbons (Fsp3) is 0. The van der Waals surface area contributed by atoms with Crippen LogP contribution in [-0.2, 0) is 10.0 Å². The third-order valence-electron chi connectivity index (χ3n) is 3.99. The van der Waals surface area contributed by atoms with Crippen molar-refractivity contribution >= 4 is 37.6 Å². The molecule has 0 atom stereocenters. The van der Waals surface area contributed by atoms with Crippen LogP contribution in [0.3, 0.4) is 0 Å². The maximum Gasteiger partial charge on any atom is 0.262 e. The molecule has 1 aliphatic rings. The van der Waals surface area contributed by atoms with E-state index in [0.29, 0.717) is 22.2 Å². The van der Waals surface area contributed by atoms with Gasteiger partial charge in [0.2, 0.25) is 0 Å². The number of nitrogens with zero attached hydrogens (tertiary/aromatic N) is 1. The lowest BCUT2D eigenvalue weighted by Crippen LogP contribution is -2.05. The molecule has 0 radical (unpaired) electrons. The molecule has 126 valence electrons. The monoisotopic (exact) mass is 356 g/mol. The Balaban J connectivity index is 2.00. The number of anilines is 1. The van der Waals surface area contributed by atoms with Crippen LogP contribution in [-0.4, -0.2) is 28.7 Å². The molecule has 25 heavy (non-hydrogen) atoms. The zero-order valence-corrected chi connectivity index (χ0v) is 13.4. The van der Waals surface area contributed by atoms with Gasteiger partial charge < -0.3 is 15.3 Å². The van der Waals surface area contributed by atoms with Crippen LogP contribution in [0.1, 0.15) is 11.1 Å². The molecule has 0 saturated heterocycles. The van der Waals surface area contributed by atoms with Crippen molar-refractivity contribution in [2.45, 2.75) is 0 Å². The fourth-order valence-electron chi connectivity index (χ4n) is 2.81. The molecular formula is C17H12N2O5S. The number of aromatic nitrogens is 1. The summed E-state index contributed by atoms with van der Waals surface area (Å²) in [4.78, 5) is 4.03. The molecule has 4 N–H and O–H groups in total. The zero-order chi connectivity index (χ0) is 17.8. The van der Waals surface area contributed by atoms with Crippen molar-refractivity contribution < 1.29 is 23.7 Å². The normalized spacial score (nSPS) is 16.7. The van der Waals surface area contributed by atoms with Gasteiger partial charge in [-0.2, -0.15) is 0 Å². The number of benzene rings is 2. The van der Waals surface area contributed by atoms with Crippen LogP contribution in [0.25, 0.3) is 21.9 Å². The van der Waals surface area contributed by atoms with E-state index in [4.69, 9.17) is 0 Å². The minimum Gasteiger partial charge on any atom is -0.508 e. The summed E-state index contributed by atoms with van der Waals surface area (Å²) in [5, 5.41) is 29.7. The van der Waals surface area contributed by atoms with Crippen LogP contribution in [0.5, 0.6) is 17.2 Å². The quantitative estimate of drug-likeness (QED) is 0.393. The third kappa shape index (κ3) is 2.34. The van der Waals surface area contributed by atoms with E-state index in [2.05, 4.69) is 9.71 Å². The van der Waals surface area contributed by atoms with Gasteiger partial charge in [0.1, 0.15) is 11.3 Å². The maximum atomic E-state index is 12.4.